The molecule has 158 valence electrons. The second kappa shape index (κ2) is 9.73. The Morgan fingerprint density at radius 3 is 2.67 bits per heavy atom. The third kappa shape index (κ3) is 4.80. The monoisotopic (exact) mass is 408 g/mol. The van der Waals surface area contributed by atoms with Gasteiger partial charge in [0.2, 0.25) is 0 Å². The Kier molecular flexibility index (Phi) is 6.61. The van der Waals surface area contributed by atoms with Crippen molar-refractivity contribution in [1.29, 1.82) is 0 Å². The van der Waals surface area contributed by atoms with E-state index in [0.717, 1.165) is 60.0 Å². The molecule has 0 radical (unpaired) electrons. The van der Waals surface area contributed by atoms with Crippen LogP contribution in [0, 0.1) is 0 Å². The van der Waals surface area contributed by atoms with Gasteiger partial charge in [-0.25, -0.2) is 0 Å². The van der Waals surface area contributed by atoms with E-state index in [2.05, 4.69) is 38.5 Å². The van der Waals surface area contributed by atoms with Crippen molar-refractivity contribution < 1.29 is 14.2 Å². The van der Waals surface area contributed by atoms with Crippen molar-refractivity contribution in [2.45, 2.75) is 32.0 Å². The van der Waals surface area contributed by atoms with Crippen molar-refractivity contribution in [2.75, 3.05) is 27.4 Å². The van der Waals surface area contributed by atoms with Crippen molar-refractivity contribution >= 4 is 0 Å². The van der Waals surface area contributed by atoms with Gasteiger partial charge in [0.1, 0.15) is 22.9 Å². The van der Waals surface area contributed by atoms with Gasteiger partial charge in [-0.1, -0.05) is 36.4 Å². The first-order valence-electron chi connectivity index (χ1n) is 10.3. The van der Waals surface area contributed by atoms with Gasteiger partial charge < -0.3 is 14.2 Å². The summed E-state index contributed by atoms with van der Waals surface area (Å²) in [5.41, 5.74) is 3.96. The zero-order valence-corrected chi connectivity index (χ0v) is 17.5. The van der Waals surface area contributed by atoms with E-state index in [9.17, 15) is 0 Å². The Hall–Kier alpha value is -2.90. The first kappa shape index (κ1) is 20.4. The third-order valence-electron chi connectivity index (χ3n) is 5.41. The third-order valence-corrected chi connectivity index (χ3v) is 5.41. The number of hydrogen-bond donors (Lipinski definition) is 1. The maximum atomic E-state index is 5.91. The molecule has 0 amide bonds. The number of benzene rings is 2. The predicted molar refractivity (Wildman–Crippen MR) is 114 cm³/mol. The fraction of sp³-hybridized carbons (Fsp3) is 0.391. The maximum Gasteiger partial charge on any atom is 0.127 e. The Bertz CT molecular complexity index is 939. The van der Waals surface area contributed by atoms with Gasteiger partial charge in [0, 0.05) is 43.4 Å². The minimum atomic E-state index is 0.237. The molecule has 3 aromatic rings. The maximum absolute atomic E-state index is 5.91. The van der Waals surface area contributed by atoms with Gasteiger partial charge in [-0.2, -0.15) is 15.4 Å². The van der Waals surface area contributed by atoms with Crippen LogP contribution in [-0.2, 0) is 17.8 Å². The quantitative estimate of drug-likeness (QED) is 0.582. The number of H-pyrrole nitrogens is 1. The number of nitrogens with zero attached hydrogens (tertiary/aromatic N) is 3. The molecule has 30 heavy (non-hydrogen) atoms. The van der Waals surface area contributed by atoms with Crippen LogP contribution in [0.5, 0.6) is 11.5 Å². The topological polar surface area (TPSA) is 72.5 Å². The van der Waals surface area contributed by atoms with Gasteiger partial charge in [0.05, 0.1) is 20.3 Å². The van der Waals surface area contributed by atoms with Crippen LogP contribution in [0.3, 0.4) is 0 Å². The van der Waals surface area contributed by atoms with Crippen molar-refractivity contribution in [3.05, 3.63) is 59.8 Å². The highest BCUT2D eigenvalue weighted by molar-refractivity contribution is 5.60. The summed E-state index contributed by atoms with van der Waals surface area (Å²) in [4.78, 5) is 2.35. The summed E-state index contributed by atoms with van der Waals surface area (Å²) in [6, 6.07) is 16.1. The standard InChI is InChI=1S/C23H28N4O3/c1-28-19-11-10-18(22(13-19)29-2)14-27(15-20-9-6-12-30-20)16-21-23(25-26-24-21)17-7-4-3-5-8-17/h3-5,7-8,10-11,13,20H,6,9,12,14-16H2,1-2H3,(H,24,25,26). The lowest BCUT2D eigenvalue weighted by Crippen LogP contribution is -2.32. The molecule has 1 aliphatic heterocycles. The SMILES string of the molecule is COc1ccc(CN(Cc2n[nH]nc2-c2ccccc2)CC2CCCO2)c(OC)c1. The molecule has 1 aliphatic rings. The van der Waals surface area contributed by atoms with Gasteiger partial charge >= 0.3 is 0 Å². The number of aromatic nitrogens is 3. The van der Waals surface area contributed by atoms with Crippen LogP contribution in [0.4, 0.5) is 0 Å². The molecule has 4 rings (SSSR count). The lowest BCUT2D eigenvalue weighted by atomic mass is 10.1. The molecule has 0 bridgehead atoms. The Labute approximate surface area is 177 Å². The highest BCUT2D eigenvalue weighted by Crippen LogP contribution is 2.28. The molecular formula is C23H28N4O3. The van der Waals surface area contributed by atoms with E-state index in [4.69, 9.17) is 14.2 Å². The van der Waals surface area contributed by atoms with Crippen molar-refractivity contribution in [1.82, 2.24) is 20.3 Å². The van der Waals surface area contributed by atoms with Crippen LogP contribution in [0.25, 0.3) is 11.3 Å². The van der Waals surface area contributed by atoms with Crippen molar-refractivity contribution in [2.24, 2.45) is 0 Å². The van der Waals surface area contributed by atoms with Crippen molar-refractivity contribution in [3.8, 4) is 22.8 Å². The van der Waals surface area contributed by atoms with Crippen LogP contribution >= 0.6 is 0 Å². The summed E-state index contributed by atoms with van der Waals surface area (Å²) in [6.07, 6.45) is 2.44. The molecule has 1 aromatic heterocycles. The highest BCUT2D eigenvalue weighted by atomic mass is 16.5. The molecule has 2 heterocycles. The summed E-state index contributed by atoms with van der Waals surface area (Å²) in [6.45, 7) is 3.05. The molecule has 0 aliphatic carbocycles. The molecule has 0 saturated carbocycles. The summed E-state index contributed by atoms with van der Waals surface area (Å²) in [5, 5.41) is 11.6. The van der Waals surface area contributed by atoms with Crippen molar-refractivity contribution in [3.63, 3.8) is 0 Å². The molecule has 1 saturated heterocycles. The van der Waals surface area contributed by atoms with Gasteiger partial charge in [0.15, 0.2) is 0 Å². The highest BCUT2D eigenvalue weighted by Gasteiger charge is 2.23. The zero-order chi connectivity index (χ0) is 20.8. The fourth-order valence-corrected chi connectivity index (χ4v) is 3.89. The molecule has 2 aromatic carbocycles. The fourth-order valence-electron chi connectivity index (χ4n) is 3.89. The number of methoxy groups -OCH3 is 2. The van der Waals surface area contributed by atoms with Gasteiger partial charge in [-0.3, -0.25) is 4.90 Å². The normalized spacial score (nSPS) is 16.2. The van der Waals surface area contributed by atoms with Crippen LogP contribution in [0.15, 0.2) is 48.5 Å². The van der Waals surface area contributed by atoms with Gasteiger partial charge in [-0.05, 0) is 18.9 Å². The summed E-state index contributed by atoms with van der Waals surface area (Å²) < 4.78 is 16.9. The smallest absolute Gasteiger partial charge is 0.127 e. The lowest BCUT2D eigenvalue weighted by Gasteiger charge is -2.25. The second-order valence-electron chi connectivity index (χ2n) is 7.47. The van der Waals surface area contributed by atoms with E-state index in [1.54, 1.807) is 14.2 Å². The number of rotatable bonds is 9. The second-order valence-corrected chi connectivity index (χ2v) is 7.47. The van der Waals surface area contributed by atoms with E-state index in [-0.39, 0.29) is 6.10 Å². The van der Waals surface area contributed by atoms with E-state index in [1.807, 2.05) is 30.3 Å². The summed E-state index contributed by atoms with van der Waals surface area (Å²) in [5.74, 6) is 1.60. The van der Waals surface area contributed by atoms with Crippen LogP contribution in [0.2, 0.25) is 0 Å². The average molecular weight is 409 g/mol. The Morgan fingerprint density at radius 1 is 1.07 bits per heavy atom. The lowest BCUT2D eigenvalue weighted by molar-refractivity contribution is 0.0672. The first-order valence-corrected chi connectivity index (χ1v) is 10.3. The van der Waals surface area contributed by atoms with E-state index in [0.29, 0.717) is 13.1 Å². The number of hydrogen-bond acceptors (Lipinski definition) is 6. The van der Waals surface area contributed by atoms with E-state index in [1.165, 1.54) is 0 Å². The summed E-state index contributed by atoms with van der Waals surface area (Å²) >= 11 is 0. The number of nitrogens with one attached hydrogen (secondary N) is 1. The molecule has 1 N–H and O–H groups in total. The minimum absolute atomic E-state index is 0.237. The molecule has 1 fully saturated rings. The largest absolute Gasteiger partial charge is 0.497 e. The molecule has 7 heteroatoms. The molecular weight excluding hydrogens is 380 g/mol. The van der Waals surface area contributed by atoms with Gasteiger partial charge in [-0.15, -0.1) is 0 Å². The van der Waals surface area contributed by atoms with Gasteiger partial charge in [0.25, 0.3) is 0 Å². The number of aromatic amines is 1. The van der Waals surface area contributed by atoms with E-state index < -0.39 is 0 Å². The molecule has 7 nitrogen and oxygen atoms in total. The summed E-state index contributed by atoms with van der Waals surface area (Å²) in [7, 11) is 3.35. The minimum Gasteiger partial charge on any atom is -0.497 e. The first-order chi connectivity index (χ1) is 14.8. The van der Waals surface area contributed by atoms with Crippen LogP contribution < -0.4 is 9.47 Å². The van der Waals surface area contributed by atoms with Crippen LogP contribution in [0.1, 0.15) is 24.1 Å². The predicted octanol–water partition coefficient (Wildman–Crippen LogP) is 3.67. The van der Waals surface area contributed by atoms with E-state index >= 15 is 0 Å². The van der Waals surface area contributed by atoms with Crippen LogP contribution in [-0.4, -0.2) is 53.8 Å². The Balaban J connectivity index is 1.58. The number of ether oxygens (including phenoxy) is 3. The molecule has 1 unspecified atom stereocenters. The molecule has 0 spiro atoms. The Morgan fingerprint density at radius 2 is 1.93 bits per heavy atom. The molecule has 1 atom stereocenters. The average Bonchev–Trinajstić information content (AvgIpc) is 3.47. The zero-order valence-electron chi connectivity index (χ0n) is 17.5.